The first-order valence-electron chi connectivity index (χ1n) is 6.06. The molecule has 0 atom stereocenters. The molecule has 3 nitrogen and oxygen atoms in total. The van der Waals surface area contributed by atoms with Crippen molar-refractivity contribution >= 4 is 0 Å². The van der Waals surface area contributed by atoms with Crippen LogP contribution in [0.4, 0.5) is 0 Å². The standard InChI is InChI=1S/C14H23NO2/c1-10-9-13(16-3)14(17-4)11(2)12(10)7-5-6-8-15/h9H,5-8,15H2,1-4H3. The molecule has 1 aromatic carbocycles. The van der Waals surface area contributed by atoms with Crippen molar-refractivity contribution in [3.05, 3.63) is 22.8 Å². The Hall–Kier alpha value is -1.22. The zero-order chi connectivity index (χ0) is 12.8. The lowest BCUT2D eigenvalue weighted by atomic mass is 9.96. The Morgan fingerprint density at radius 3 is 2.35 bits per heavy atom. The van der Waals surface area contributed by atoms with Crippen LogP contribution < -0.4 is 15.2 Å². The summed E-state index contributed by atoms with van der Waals surface area (Å²) >= 11 is 0. The maximum Gasteiger partial charge on any atom is 0.163 e. The van der Waals surface area contributed by atoms with Gasteiger partial charge >= 0.3 is 0 Å². The molecule has 0 bridgehead atoms. The molecule has 0 spiro atoms. The van der Waals surface area contributed by atoms with Crippen molar-refractivity contribution in [1.29, 1.82) is 0 Å². The van der Waals surface area contributed by atoms with Gasteiger partial charge in [-0.1, -0.05) is 0 Å². The number of hydrogen-bond donors (Lipinski definition) is 1. The van der Waals surface area contributed by atoms with Crippen LogP contribution in [0.1, 0.15) is 29.5 Å². The first kappa shape index (κ1) is 13.8. The van der Waals surface area contributed by atoms with Crippen molar-refractivity contribution in [2.45, 2.75) is 33.1 Å². The molecule has 96 valence electrons. The van der Waals surface area contributed by atoms with E-state index in [4.69, 9.17) is 15.2 Å². The molecule has 0 radical (unpaired) electrons. The fraction of sp³-hybridized carbons (Fsp3) is 0.571. The smallest absolute Gasteiger partial charge is 0.163 e. The van der Waals surface area contributed by atoms with Crippen molar-refractivity contribution in [2.24, 2.45) is 5.73 Å². The molecule has 0 fully saturated rings. The van der Waals surface area contributed by atoms with Crippen molar-refractivity contribution in [3.63, 3.8) is 0 Å². The van der Waals surface area contributed by atoms with Crippen LogP contribution >= 0.6 is 0 Å². The summed E-state index contributed by atoms with van der Waals surface area (Å²) in [5, 5.41) is 0. The molecule has 3 heteroatoms. The van der Waals surface area contributed by atoms with Gasteiger partial charge in [-0.3, -0.25) is 0 Å². The third-order valence-electron chi connectivity index (χ3n) is 3.15. The second-order valence-electron chi connectivity index (χ2n) is 4.28. The summed E-state index contributed by atoms with van der Waals surface area (Å²) in [5.74, 6) is 1.66. The number of hydrogen-bond acceptors (Lipinski definition) is 3. The fourth-order valence-electron chi connectivity index (χ4n) is 2.20. The van der Waals surface area contributed by atoms with Crippen LogP contribution in [0, 0.1) is 13.8 Å². The minimum absolute atomic E-state index is 0.755. The van der Waals surface area contributed by atoms with Gasteiger partial charge in [0.25, 0.3) is 0 Å². The van der Waals surface area contributed by atoms with Gasteiger partial charge < -0.3 is 15.2 Å². The van der Waals surface area contributed by atoms with Crippen LogP contribution in [-0.4, -0.2) is 20.8 Å². The molecule has 0 heterocycles. The monoisotopic (exact) mass is 237 g/mol. The van der Waals surface area contributed by atoms with Gasteiger partial charge in [0.2, 0.25) is 0 Å². The van der Waals surface area contributed by atoms with Gasteiger partial charge in [0.05, 0.1) is 14.2 Å². The molecule has 17 heavy (non-hydrogen) atoms. The maximum atomic E-state index is 5.53. The summed E-state index contributed by atoms with van der Waals surface area (Å²) in [6.45, 7) is 4.96. The molecule has 2 N–H and O–H groups in total. The third-order valence-corrected chi connectivity index (χ3v) is 3.15. The molecule has 1 aromatic rings. The highest BCUT2D eigenvalue weighted by Crippen LogP contribution is 2.35. The van der Waals surface area contributed by atoms with Gasteiger partial charge in [-0.05, 0) is 62.4 Å². The van der Waals surface area contributed by atoms with Crippen molar-refractivity contribution < 1.29 is 9.47 Å². The number of nitrogens with two attached hydrogens (primary N) is 1. The highest BCUT2D eigenvalue weighted by Gasteiger charge is 2.13. The highest BCUT2D eigenvalue weighted by atomic mass is 16.5. The molecule has 0 aromatic heterocycles. The van der Waals surface area contributed by atoms with E-state index in [0.29, 0.717) is 0 Å². The number of unbranched alkanes of at least 4 members (excludes halogenated alkanes) is 1. The summed E-state index contributed by atoms with van der Waals surface area (Å²) in [6.07, 6.45) is 3.23. The quantitative estimate of drug-likeness (QED) is 0.773. The first-order chi connectivity index (χ1) is 8.15. The van der Waals surface area contributed by atoms with Gasteiger partial charge in [0.15, 0.2) is 11.5 Å². The summed E-state index contributed by atoms with van der Waals surface area (Å²) in [6, 6.07) is 2.05. The summed E-state index contributed by atoms with van der Waals surface area (Å²) < 4.78 is 10.8. The van der Waals surface area contributed by atoms with Gasteiger partial charge in [0, 0.05) is 0 Å². The van der Waals surface area contributed by atoms with E-state index in [0.717, 1.165) is 37.3 Å². The van der Waals surface area contributed by atoms with Crippen molar-refractivity contribution in [3.8, 4) is 11.5 Å². The molecule has 0 saturated heterocycles. The van der Waals surface area contributed by atoms with Crippen LogP contribution in [0.15, 0.2) is 6.07 Å². The van der Waals surface area contributed by atoms with Crippen LogP contribution in [0.2, 0.25) is 0 Å². The van der Waals surface area contributed by atoms with E-state index in [1.165, 1.54) is 16.7 Å². The molecule has 0 aliphatic heterocycles. The first-order valence-corrected chi connectivity index (χ1v) is 6.06. The van der Waals surface area contributed by atoms with Crippen LogP contribution in [-0.2, 0) is 6.42 Å². The Morgan fingerprint density at radius 1 is 1.12 bits per heavy atom. The zero-order valence-electron chi connectivity index (χ0n) is 11.3. The number of aryl methyl sites for hydroxylation is 1. The van der Waals surface area contributed by atoms with Gasteiger partial charge in [0.1, 0.15) is 0 Å². The van der Waals surface area contributed by atoms with Gasteiger partial charge in [-0.2, -0.15) is 0 Å². The molecule has 1 rings (SSSR count). The molecular formula is C14H23NO2. The second-order valence-corrected chi connectivity index (χ2v) is 4.28. The Bertz CT molecular complexity index is 375. The number of ether oxygens (including phenoxy) is 2. The molecule has 0 saturated carbocycles. The van der Waals surface area contributed by atoms with Crippen LogP contribution in [0.5, 0.6) is 11.5 Å². The van der Waals surface area contributed by atoms with Crippen molar-refractivity contribution in [2.75, 3.05) is 20.8 Å². The minimum Gasteiger partial charge on any atom is -0.493 e. The van der Waals surface area contributed by atoms with E-state index in [2.05, 4.69) is 13.8 Å². The van der Waals surface area contributed by atoms with E-state index in [1.54, 1.807) is 14.2 Å². The lowest BCUT2D eigenvalue weighted by Gasteiger charge is -2.17. The normalized spacial score (nSPS) is 10.4. The van der Waals surface area contributed by atoms with Crippen LogP contribution in [0.3, 0.4) is 0 Å². The Morgan fingerprint density at radius 2 is 1.82 bits per heavy atom. The predicted molar refractivity (Wildman–Crippen MR) is 71.0 cm³/mol. The third kappa shape index (κ3) is 3.13. The average Bonchev–Trinajstić information content (AvgIpc) is 2.32. The molecular weight excluding hydrogens is 214 g/mol. The minimum atomic E-state index is 0.755. The van der Waals surface area contributed by atoms with E-state index in [-0.39, 0.29) is 0 Å². The van der Waals surface area contributed by atoms with Crippen LogP contribution in [0.25, 0.3) is 0 Å². The van der Waals surface area contributed by atoms with E-state index in [1.807, 2.05) is 6.07 Å². The average molecular weight is 237 g/mol. The Balaban J connectivity index is 3.04. The lowest BCUT2D eigenvalue weighted by Crippen LogP contribution is -2.03. The lowest BCUT2D eigenvalue weighted by molar-refractivity contribution is 0.352. The SMILES string of the molecule is COc1cc(C)c(CCCCN)c(C)c1OC. The van der Waals surface area contributed by atoms with E-state index >= 15 is 0 Å². The second kappa shape index (κ2) is 6.50. The Labute approximate surface area is 104 Å². The zero-order valence-corrected chi connectivity index (χ0v) is 11.3. The summed E-state index contributed by atoms with van der Waals surface area (Å²) in [7, 11) is 3.36. The fourth-order valence-corrected chi connectivity index (χ4v) is 2.20. The largest absolute Gasteiger partial charge is 0.493 e. The topological polar surface area (TPSA) is 44.5 Å². The van der Waals surface area contributed by atoms with Gasteiger partial charge in [-0.15, -0.1) is 0 Å². The highest BCUT2D eigenvalue weighted by molar-refractivity contribution is 5.53. The number of methoxy groups -OCH3 is 2. The molecule has 0 aliphatic rings. The molecule has 0 unspecified atom stereocenters. The predicted octanol–water partition coefficient (Wildman–Crippen LogP) is 2.60. The van der Waals surface area contributed by atoms with Gasteiger partial charge in [-0.25, -0.2) is 0 Å². The summed E-state index contributed by atoms with van der Waals surface area (Å²) in [5.41, 5.74) is 9.33. The number of rotatable bonds is 6. The van der Waals surface area contributed by atoms with Crippen molar-refractivity contribution in [1.82, 2.24) is 0 Å². The van der Waals surface area contributed by atoms with E-state index < -0.39 is 0 Å². The summed E-state index contributed by atoms with van der Waals surface area (Å²) in [4.78, 5) is 0. The molecule has 0 aliphatic carbocycles. The Kier molecular flexibility index (Phi) is 5.29. The maximum absolute atomic E-state index is 5.53. The molecule has 0 amide bonds. The number of benzene rings is 1. The van der Waals surface area contributed by atoms with E-state index in [9.17, 15) is 0 Å².